The monoisotopic (exact) mass is 382 g/mol. The maximum atomic E-state index is 12.4. The first-order valence-corrected chi connectivity index (χ1v) is 8.50. The predicted molar refractivity (Wildman–Crippen MR) is 99.0 cm³/mol. The minimum atomic E-state index is -1.16. The van der Waals surface area contributed by atoms with Crippen molar-refractivity contribution in [1.82, 2.24) is 4.90 Å². The smallest absolute Gasteiger partial charge is 0.329 e. The van der Waals surface area contributed by atoms with Crippen LogP contribution in [0.4, 0.5) is 5.69 Å². The Labute approximate surface area is 161 Å². The number of ether oxygens (including phenoxy) is 2. The van der Waals surface area contributed by atoms with Gasteiger partial charge in [-0.25, -0.2) is 4.79 Å². The molecule has 0 radical (unpaired) electrons. The molecule has 0 saturated heterocycles. The zero-order valence-electron chi connectivity index (χ0n) is 15.3. The van der Waals surface area contributed by atoms with E-state index in [0.29, 0.717) is 11.4 Å². The molecule has 1 atom stereocenters. The molecule has 1 aliphatic rings. The standard InChI is InChI=1S/C20H18N2O6/c1-12(22-18(24)15-8-3-4-9-16(15)19(22)25)20(26)28-11-17(23)21-13-6-5-7-14(10-13)27-2/h3-10,12H,11H2,1-2H3,(H,21,23)/t12-/m1/s1. The van der Waals surface area contributed by atoms with Crippen LogP contribution in [0.15, 0.2) is 48.5 Å². The molecule has 3 rings (SSSR count). The van der Waals surface area contributed by atoms with Crippen LogP contribution in [0.3, 0.4) is 0 Å². The van der Waals surface area contributed by atoms with Crippen molar-refractivity contribution in [2.24, 2.45) is 0 Å². The van der Waals surface area contributed by atoms with E-state index in [2.05, 4.69) is 5.32 Å². The molecule has 0 aliphatic carbocycles. The Kier molecular flexibility index (Phi) is 5.39. The highest BCUT2D eigenvalue weighted by Gasteiger charge is 2.41. The summed E-state index contributed by atoms with van der Waals surface area (Å²) in [6.45, 7) is 0.827. The van der Waals surface area contributed by atoms with E-state index in [1.54, 1.807) is 36.4 Å². The molecule has 1 aliphatic heterocycles. The third-order valence-corrected chi connectivity index (χ3v) is 4.25. The van der Waals surface area contributed by atoms with Crippen LogP contribution in [0.2, 0.25) is 0 Å². The second kappa shape index (κ2) is 7.91. The highest BCUT2D eigenvalue weighted by Crippen LogP contribution is 2.24. The molecule has 2 aromatic rings. The third kappa shape index (κ3) is 3.71. The van der Waals surface area contributed by atoms with Crippen molar-refractivity contribution >= 4 is 29.4 Å². The van der Waals surface area contributed by atoms with E-state index in [-0.39, 0.29) is 11.1 Å². The molecule has 0 fully saturated rings. The van der Waals surface area contributed by atoms with Gasteiger partial charge in [-0.05, 0) is 31.2 Å². The number of rotatable bonds is 6. The van der Waals surface area contributed by atoms with Crippen LogP contribution in [-0.4, -0.2) is 48.3 Å². The zero-order valence-corrected chi connectivity index (χ0v) is 15.3. The number of hydrogen-bond acceptors (Lipinski definition) is 6. The number of nitrogens with zero attached hydrogens (tertiary/aromatic N) is 1. The summed E-state index contributed by atoms with van der Waals surface area (Å²) in [7, 11) is 1.50. The molecule has 0 saturated carbocycles. The van der Waals surface area contributed by atoms with Gasteiger partial charge in [0.1, 0.15) is 11.8 Å². The number of methoxy groups -OCH3 is 1. The fourth-order valence-electron chi connectivity index (χ4n) is 2.82. The van der Waals surface area contributed by atoms with E-state index in [9.17, 15) is 19.2 Å². The maximum Gasteiger partial charge on any atom is 0.329 e. The summed E-state index contributed by atoms with van der Waals surface area (Å²) < 4.78 is 10.0. The SMILES string of the molecule is COc1cccc(NC(=O)COC(=O)[C@@H](C)N2C(=O)c3ccccc3C2=O)c1. The Hall–Kier alpha value is -3.68. The van der Waals surface area contributed by atoms with Crippen LogP contribution < -0.4 is 10.1 Å². The number of hydrogen-bond donors (Lipinski definition) is 1. The molecule has 0 aromatic heterocycles. The van der Waals surface area contributed by atoms with Crippen LogP contribution >= 0.6 is 0 Å². The molecule has 144 valence electrons. The summed E-state index contributed by atoms with van der Waals surface area (Å²) in [6.07, 6.45) is 0. The van der Waals surface area contributed by atoms with Gasteiger partial charge in [-0.1, -0.05) is 18.2 Å². The summed E-state index contributed by atoms with van der Waals surface area (Å²) >= 11 is 0. The van der Waals surface area contributed by atoms with Gasteiger partial charge in [-0.3, -0.25) is 19.3 Å². The molecule has 0 unspecified atom stereocenters. The Morgan fingerprint density at radius 2 is 1.68 bits per heavy atom. The molecule has 1 N–H and O–H groups in total. The van der Waals surface area contributed by atoms with Crippen molar-refractivity contribution in [3.05, 3.63) is 59.7 Å². The van der Waals surface area contributed by atoms with Crippen LogP contribution in [0, 0.1) is 0 Å². The summed E-state index contributed by atoms with van der Waals surface area (Å²) in [5, 5.41) is 2.57. The first kappa shape index (κ1) is 19.1. The third-order valence-electron chi connectivity index (χ3n) is 4.25. The van der Waals surface area contributed by atoms with Crippen molar-refractivity contribution in [3.63, 3.8) is 0 Å². The number of imide groups is 1. The van der Waals surface area contributed by atoms with Gasteiger partial charge in [-0.15, -0.1) is 0 Å². The van der Waals surface area contributed by atoms with Crippen molar-refractivity contribution < 1.29 is 28.7 Å². The van der Waals surface area contributed by atoms with Crippen molar-refractivity contribution in [1.29, 1.82) is 0 Å². The lowest BCUT2D eigenvalue weighted by Crippen LogP contribution is -2.44. The Balaban J connectivity index is 1.58. The first-order chi connectivity index (χ1) is 13.4. The number of benzene rings is 2. The van der Waals surface area contributed by atoms with Gasteiger partial charge in [-0.2, -0.15) is 0 Å². The fraction of sp³-hybridized carbons (Fsp3) is 0.200. The Morgan fingerprint density at radius 3 is 2.29 bits per heavy atom. The average molecular weight is 382 g/mol. The van der Waals surface area contributed by atoms with Crippen LogP contribution in [0.25, 0.3) is 0 Å². The second-order valence-corrected chi connectivity index (χ2v) is 6.09. The molecule has 0 spiro atoms. The molecular weight excluding hydrogens is 364 g/mol. The van der Waals surface area contributed by atoms with E-state index in [0.717, 1.165) is 4.90 Å². The molecule has 1 heterocycles. The number of amides is 3. The van der Waals surface area contributed by atoms with Crippen LogP contribution in [0.5, 0.6) is 5.75 Å². The van der Waals surface area contributed by atoms with E-state index in [1.165, 1.54) is 26.2 Å². The van der Waals surface area contributed by atoms with Gasteiger partial charge in [0.05, 0.1) is 18.2 Å². The lowest BCUT2D eigenvalue weighted by Gasteiger charge is -2.20. The summed E-state index contributed by atoms with van der Waals surface area (Å²) in [5.41, 5.74) is 0.958. The fourth-order valence-corrected chi connectivity index (χ4v) is 2.82. The summed E-state index contributed by atoms with van der Waals surface area (Å²) in [6, 6.07) is 11.9. The highest BCUT2D eigenvalue weighted by atomic mass is 16.5. The number of carbonyl (C=O) groups excluding carboxylic acids is 4. The topological polar surface area (TPSA) is 102 Å². The molecule has 3 amide bonds. The van der Waals surface area contributed by atoms with Gasteiger partial charge in [0, 0.05) is 11.8 Å². The van der Waals surface area contributed by atoms with E-state index in [1.807, 2.05) is 0 Å². The second-order valence-electron chi connectivity index (χ2n) is 6.09. The number of nitrogens with one attached hydrogen (secondary N) is 1. The molecule has 0 bridgehead atoms. The Bertz CT molecular complexity index is 920. The van der Waals surface area contributed by atoms with Gasteiger partial charge in [0.2, 0.25) is 0 Å². The lowest BCUT2D eigenvalue weighted by molar-refractivity contribution is -0.150. The van der Waals surface area contributed by atoms with Gasteiger partial charge in [0.15, 0.2) is 6.61 Å². The van der Waals surface area contributed by atoms with Gasteiger partial charge < -0.3 is 14.8 Å². The van der Waals surface area contributed by atoms with E-state index >= 15 is 0 Å². The maximum absolute atomic E-state index is 12.4. The number of fused-ring (bicyclic) bond motifs is 1. The first-order valence-electron chi connectivity index (χ1n) is 8.50. The quantitative estimate of drug-likeness (QED) is 0.604. The van der Waals surface area contributed by atoms with Crippen LogP contribution in [0.1, 0.15) is 27.6 Å². The lowest BCUT2D eigenvalue weighted by atomic mass is 10.1. The minimum Gasteiger partial charge on any atom is -0.497 e. The average Bonchev–Trinajstić information content (AvgIpc) is 2.96. The van der Waals surface area contributed by atoms with Crippen molar-refractivity contribution in [3.8, 4) is 5.75 Å². The molecule has 8 heteroatoms. The highest BCUT2D eigenvalue weighted by molar-refractivity contribution is 6.22. The molecular formula is C20H18N2O6. The Morgan fingerprint density at radius 1 is 1.04 bits per heavy atom. The largest absolute Gasteiger partial charge is 0.497 e. The molecule has 28 heavy (non-hydrogen) atoms. The molecule has 8 nitrogen and oxygen atoms in total. The van der Waals surface area contributed by atoms with E-state index in [4.69, 9.17) is 9.47 Å². The van der Waals surface area contributed by atoms with Crippen molar-refractivity contribution in [2.75, 3.05) is 19.0 Å². The normalized spacial score (nSPS) is 13.7. The summed E-state index contributed by atoms with van der Waals surface area (Å²) in [4.78, 5) is 49.9. The minimum absolute atomic E-state index is 0.239. The predicted octanol–water partition coefficient (Wildman–Crippen LogP) is 1.86. The number of carbonyl (C=O) groups is 4. The van der Waals surface area contributed by atoms with Gasteiger partial charge in [0.25, 0.3) is 17.7 Å². The van der Waals surface area contributed by atoms with Crippen molar-refractivity contribution in [2.45, 2.75) is 13.0 Å². The van der Waals surface area contributed by atoms with Crippen LogP contribution in [-0.2, 0) is 14.3 Å². The van der Waals surface area contributed by atoms with E-state index < -0.39 is 36.3 Å². The van der Waals surface area contributed by atoms with Gasteiger partial charge >= 0.3 is 5.97 Å². The summed E-state index contributed by atoms with van der Waals surface area (Å²) in [5.74, 6) is -1.97. The zero-order chi connectivity index (χ0) is 20.3. The number of anilines is 1. The molecule has 2 aromatic carbocycles. The number of esters is 1.